The molecule has 1 N–H and O–H groups in total. The van der Waals surface area contributed by atoms with Gasteiger partial charge in [0, 0.05) is 24.2 Å². The van der Waals surface area contributed by atoms with Crippen LogP contribution in [-0.2, 0) is 11.3 Å². The van der Waals surface area contributed by atoms with Crippen molar-refractivity contribution in [3.63, 3.8) is 0 Å². The molecular formula is C19H24N6OS. The standard InChI is InChI=1S/C19H24N6OS/c26-18(21-19-20-6-8-27-19)16-11-24-7-5-14(16)9-15(24)10-25-12-17(22-23-25)13-3-1-2-4-13/h3,6,8,12,14-16H,1-2,4-5,7,9-11H2,(H,20,21,26). The Morgan fingerprint density at radius 2 is 2.37 bits per heavy atom. The van der Waals surface area contributed by atoms with Crippen molar-refractivity contribution in [3.05, 3.63) is 29.5 Å². The number of nitrogens with one attached hydrogen (secondary N) is 1. The van der Waals surface area contributed by atoms with Crippen LogP contribution in [0.4, 0.5) is 5.13 Å². The zero-order chi connectivity index (χ0) is 18.2. The number of anilines is 1. The Labute approximate surface area is 162 Å². The average molecular weight is 385 g/mol. The number of carbonyl (C=O) groups excluding carboxylic acids is 1. The summed E-state index contributed by atoms with van der Waals surface area (Å²) in [6.45, 7) is 2.76. The number of thiazole rings is 1. The van der Waals surface area contributed by atoms with E-state index in [9.17, 15) is 4.79 Å². The normalized spacial score (nSPS) is 29.7. The molecule has 1 amide bonds. The van der Waals surface area contributed by atoms with Gasteiger partial charge in [-0.05, 0) is 50.1 Å². The number of piperidine rings is 3. The van der Waals surface area contributed by atoms with Crippen LogP contribution in [0.15, 0.2) is 23.8 Å². The summed E-state index contributed by atoms with van der Waals surface area (Å²) in [5.41, 5.74) is 2.37. The highest BCUT2D eigenvalue weighted by Crippen LogP contribution is 2.37. The van der Waals surface area contributed by atoms with Gasteiger partial charge in [0.1, 0.15) is 5.69 Å². The Kier molecular flexibility index (Phi) is 4.53. The molecule has 0 radical (unpaired) electrons. The highest BCUT2D eigenvalue weighted by atomic mass is 32.1. The summed E-state index contributed by atoms with van der Waals surface area (Å²) in [5.74, 6) is 0.628. The first-order valence-corrected chi connectivity index (χ1v) is 10.7. The average Bonchev–Trinajstić information content (AvgIpc) is 3.45. The van der Waals surface area contributed by atoms with Crippen LogP contribution in [0, 0.1) is 11.8 Å². The highest BCUT2D eigenvalue weighted by Gasteiger charge is 2.43. The predicted octanol–water partition coefficient (Wildman–Crippen LogP) is 2.65. The lowest BCUT2D eigenvalue weighted by molar-refractivity contribution is -0.127. The Morgan fingerprint density at radius 1 is 1.41 bits per heavy atom. The van der Waals surface area contributed by atoms with Gasteiger partial charge >= 0.3 is 0 Å². The lowest BCUT2D eigenvalue weighted by Crippen LogP contribution is -2.57. The predicted molar refractivity (Wildman–Crippen MR) is 104 cm³/mol. The number of hydrogen-bond acceptors (Lipinski definition) is 6. The number of fused-ring (bicyclic) bond motifs is 3. The molecule has 2 bridgehead atoms. The highest BCUT2D eigenvalue weighted by molar-refractivity contribution is 7.13. The molecule has 1 aliphatic carbocycles. The SMILES string of the molecule is O=C(Nc1nccs1)C1CN2CCC1CC2Cn1cc(C2=CCCC2)nn1. The Bertz CT molecular complexity index is 844. The third-order valence-electron chi connectivity index (χ3n) is 6.18. The summed E-state index contributed by atoms with van der Waals surface area (Å²) in [5, 5.41) is 14.3. The van der Waals surface area contributed by atoms with Crippen molar-refractivity contribution >= 4 is 27.9 Å². The molecule has 4 unspecified atom stereocenters. The fourth-order valence-electron chi connectivity index (χ4n) is 4.76. The number of nitrogens with zero attached hydrogens (tertiary/aromatic N) is 5. The molecule has 0 aromatic carbocycles. The largest absolute Gasteiger partial charge is 0.302 e. The van der Waals surface area contributed by atoms with Gasteiger partial charge in [-0.1, -0.05) is 11.3 Å². The number of carbonyl (C=O) groups is 1. The maximum atomic E-state index is 12.7. The van der Waals surface area contributed by atoms with Gasteiger partial charge in [-0.2, -0.15) is 0 Å². The number of amides is 1. The first kappa shape index (κ1) is 17.1. The minimum atomic E-state index is 0.0638. The summed E-state index contributed by atoms with van der Waals surface area (Å²) < 4.78 is 1.99. The van der Waals surface area contributed by atoms with Gasteiger partial charge < -0.3 is 5.32 Å². The summed E-state index contributed by atoms with van der Waals surface area (Å²) >= 11 is 1.47. The lowest BCUT2D eigenvalue weighted by atomic mass is 9.75. The van der Waals surface area contributed by atoms with Crippen molar-refractivity contribution in [1.29, 1.82) is 0 Å². The maximum absolute atomic E-state index is 12.7. The Hall–Kier alpha value is -2.06. The van der Waals surface area contributed by atoms with Crippen LogP contribution in [0.3, 0.4) is 0 Å². The van der Waals surface area contributed by atoms with E-state index < -0.39 is 0 Å². The zero-order valence-electron chi connectivity index (χ0n) is 15.3. The van der Waals surface area contributed by atoms with Crippen LogP contribution in [0.25, 0.3) is 5.57 Å². The van der Waals surface area contributed by atoms with Gasteiger partial charge in [0.25, 0.3) is 0 Å². The number of allylic oxidation sites excluding steroid dienone is 2. The molecule has 142 valence electrons. The second-order valence-electron chi connectivity index (χ2n) is 7.81. The van der Waals surface area contributed by atoms with E-state index >= 15 is 0 Å². The summed E-state index contributed by atoms with van der Waals surface area (Å²) in [6.07, 6.45) is 11.7. The molecule has 4 aliphatic rings. The second kappa shape index (κ2) is 7.16. The van der Waals surface area contributed by atoms with Gasteiger partial charge in [-0.25, -0.2) is 4.98 Å². The molecular weight excluding hydrogens is 360 g/mol. The van der Waals surface area contributed by atoms with Crippen LogP contribution >= 0.6 is 11.3 Å². The van der Waals surface area contributed by atoms with E-state index in [0.717, 1.165) is 51.0 Å². The molecule has 4 atom stereocenters. The molecule has 2 aromatic rings. The third kappa shape index (κ3) is 3.43. The van der Waals surface area contributed by atoms with Crippen molar-refractivity contribution in [3.8, 4) is 0 Å². The van der Waals surface area contributed by atoms with Gasteiger partial charge in [0.05, 0.1) is 18.7 Å². The first-order chi connectivity index (χ1) is 13.3. The van der Waals surface area contributed by atoms with Crippen molar-refractivity contribution in [2.75, 3.05) is 18.4 Å². The summed E-state index contributed by atoms with van der Waals surface area (Å²) in [4.78, 5) is 19.3. The molecule has 6 rings (SSSR count). The molecule has 2 aromatic heterocycles. The van der Waals surface area contributed by atoms with Crippen LogP contribution in [0.2, 0.25) is 0 Å². The molecule has 0 saturated carbocycles. The van der Waals surface area contributed by atoms with Gasteiger partial charge in [-0.3, -0.25) is 14.4 Å². The van der Waals surface area contributed by atoms with Crippen LogP contribution in [-0.4, -0.2) is 49.9 Å². The van der Waals surface area contributed by atoms with E-state index in [-0.39, 0.29) is 11.8 Å². The summed E-state index contributed by atoms with van der Waals surface area (Å²) in [7, 11) is 0. The van der Waals surface area contributed by atoms with Gasteiger partial charge in [-0.15, -0.1) is 16.4 Å². The molecule has 3 fully saturated rings. The topological polar surface area (TPSA) is 75.9 Å². The van der Waals surface area contributed by atoms with Crippen molar-refractivity contribution in [2.24, 2.45) is 11.8 Å². The fourth-order valence-corrected chi connectivity index (χ4v) is 5.29. The first-order valence-electron chi connectivity index (χ1n) is 9.80. The van der Waals surface area contributed by atoms with Gasteiger partial charge in [0.2, 0.25) is 5.91 Å². The van der Waals surface area contributed by atoms with Crippen LogP contribution < -0.4 is 5.32 Å². The van der Waals surface area contributed by atoms with E-state index in [2.05, 4.69) is 37.8 Å². The minimum absolute atomic E-state index is 0.0638. The van der Waals surface area contributed by atoms with E-state index in [4.69, 9.17) is 0 Å². The number of rotatable bonds is 5. The number of hydrogen-bond donors (Lipinski definition) is 1. The lowest BCUT2D eigenvalue weighted by Gasteiger charge is -2.49. The van der Waals surface area contributed by atoms with E-state index in [1.54, 1.807) is 6.20 Å². The minimum Gasteiger partial charge on any atom is -0.302 e. The second-order valence-corrected chi connectivity index (χ2v) is 8.71. The fraction of sp³-hybridized carbons (Fsp3) is 0.579. The van der Waals surface area contributed by atoms with E-state index in [0.29, 0.717) is 17.1 Å². The number of aromatic nitrogens is 4. The molecule has 3 saturated heterocycles. The van der Waals surface area contributed by atoms with E-state index in [1.165, 1.54) is 23.3 Å². The third-order valence-corrected chi connectivity index (χ3v) is 6.87. The molecule has 3 aliphatic heterocycles. The van der Waals surface area contributed by atoms with Crippen LogP contribution in [0.1, 0.15) is 37.8 Å². The zero-order valence-corrected chi connectivity index (χ0v) is 16.1. The van der Waals surface area contributed by atoms with Crippen LogP contribution in [0.5, 0.6) is 0 Å². The molecule has 5 heterocycles. The molecule has 7 nitrogen and oxygen atoms in total. The quantitative estimate of drug-likeness (QED) is 0.858. The smallest absolute Gasteiger partial charge is 0.230 e. The van der Waals surface area contributed by atoms with Crippen molar-refractivity contribution in [1.82, 2.24) is 24.9 Å². The molecule has 8 heteroatoms. The Balaban J connectivity index is 1.22. The maximum Gasteiger partial charge on any atom is 0.230 e. The summed E-state index contributed by atoms with van der Waals surface area (Å²) in [6, 6.07) is 0.444. The van der Waals surface area contributed by atoms with Crippen molar-refractivity contribution in [2.45, 2.75) is 44.7 Å². The molecule has 27 heavy (non-hydrogen) atoms. The molecule has 0 spiro atoms. The Morgan fingerprint density at radius 3 is 3.11 bits per heavy atom. The van der Waals surface area contributed by atoms with Crippen molar-refractivity contribution < 1.29 is 4.79 Å². The monoisotopic (exact) mass is 384 g/mol. The van der Waals surface area contributed by atoms with Gasteiger partial charge in [0.15, 0.2) is 5.13 Å². The van der Waals surface area contributed by atoms with E-state index in [1.807, 2.05) is 10.1 Å².